The van der Waals surface area contributed by atoms with E-state index in [1.54, 1.807) is 31.4 Å². The van der Waals surface area contributed by atoms with Crippen LogP contribution in [-0.4, -0.2) is 31.9 Å². The van der Waals surface area contributed by atoms with Gasteiger partial charge in [-0.05, 0) is 36.4 Å². The number of methoxy groups -OCH3 is 2. The average Bonchev–Trinajstić information content (AvgIpc) is 2.65. The zero-order chi connectivity index (χ0) is 20.7. The van der Waals surface area contributed by atoms with E-state index >= 15 is 0 Å². The quantitative estimate of drug-likeness (QED) is 0.313. The summed E-state index contributed by atoms with van der Waals surface area (Å²) in [5.74, 6) is -0.200. The van der Waals surface area contributed by atoms with Crippen LogP contribution in [0.3, 0.4) is 0 Å². The first-order valence-electron chi connectivity index (χ1n) is 8.29. The number of benzene rings is 2. The Bertz CT molecular complexity index is 928. The number of ketones is 1. The smallest absolute Gasteiger partial charge is 0.308 e. The first-order valence-corrected chi connectivity index (χ1v) is 8.29. The minimum atomic E-state index is -0.602. The summed E-state index contributed by atoms with van der Waals surface area (Å²) in [7, 11) is 3.06. The fraction of sp³-hybridized carbons (Fsp3) is 0.190. The highest BCUT2D eigenvalue weighted by molar-refractivity contribution is 6.09. The van der Waals surface area contributed by atoms with Crippen molar-refractivity contribution in [3.63, 3.8) is 0 Å². The summed E-state index contributed by atoms with van der Waals surface area (Å²) in [5, 5.41) is 0. The van der Waals surface area contributed by atoms with Gasteiger partial charge >= 0.3 is 11.9 Å². The van der Waals surface area contributed by atoms with Crippen LogP contribution in [0.25, 0.3) is 6.08 Å². The third-order valence-electron chi connectivity index (χ3n) is 3.59. The van der Waals surface area contributed by atoms with Crippen molar-refractivity contribution in [3.05, 3.63) is 53.6 Å². The van der Waals surface area contributed by atoms with Gasteiger partial charge in [-0.15, -0.1) is 0 Å². The number of carbonyl (C=O) groups is 3. The molecule has 0 saturated heterocycles. The maximum Gasteiger partial charge on any atom is 0.308 e. The van der Waals surface area contributed by atoms with Crippen molar-refractivity contribution in [2.24, 2.45) is 0 Å². The molecule has 0 unspecified atom stereocenters. The third kappa shape index (κ3) is 5.44. The number of hydrogen-bond acceptors (Lipinski definition) is 7. The number of ether oxygens (including phenoxy) is 4. The van der Waals surface area contributed by atoms with Crippen LogP contribution < -0.4 is 18.9 Å². The summed E-state index contributed by atoms with van der Waals surface area (Å²) in [5.41, 5.74) is 0.817. The average molecular weight is 384 g/mol. The van der Waals surface area contributed by atoms with Crippen molar-refractivity contribution >= 4 is 23.8 Å². The Morgan fingerprint density at radius 2 is 1.43 bits per heavy atom. The van der Waals surface area contributed by atoms with Gasteiger partial charge < -0.3 is 18.9 Å². The van der Waals surface area contributed by atoms with E-state index in [-0.39, 0.29) is 17.1 Å². The molecule has 2 rings (SSSR count). The predicted molar refractivity (Wildman–Crippen MR) is 102 cm³/mol. The summed E-state index contributed by atoms with van der Waals surface area (Å²) >= 11 is 0. The standard InChI is InChI=1S/C21H20O7/c1-13(22)27-17-8-9-18(21(12-17)28-14(2)23)19(24)10-6-15-5-7-16(25-3)11-20(15)26-4/h5-12H,1-4H3. The predicted octanol–water partition coefficient (Wildman–Crippen LogP) is 3.45. The van der Waals surface area contributed by atoms with E-state index in [1.807, 2.05) is 0 Å². The minimum Gasteiger partial charge on any atom is -0.497 e. The van der Waals surface area contributed by atoms with Gasteiger partial charge in [0.15, 0.2) is 5.78 Å². The van der Waals surface area contributed by atoms with Gasteiger partial charge in [-0.2, -0.15) is 0 Å². The van der Waals surface area contributed by atoms with Crippen LogP contribution in [0.2, 0.25) is 0 Å². The molecule has 0 spiro atoms. The summed E-state index contributed by atoms with van der Waals surface area (Å²) in [6.45, 7) is 2.46. The molecule has 146 valence electrons. The molecule has 0 heterocycles. The van der Waals surface area contributed by atoms with Crippen LogP contribution in [0.5, 0.6) is 23.0 Å². The monoisotopic (exact) mass is 384 g/mol. The molecule has 0 N–H and O–H groups in total. The molecule has 0 bridgehead atoms. The Labute approximate surface area is 162 Å². The number of rotatable bonds is 7. The van der Waals surface area contributed by atoms with Crippen LogP contribution in [0.15, 0.2) is 42.5 Å². The number of carbonyl (C=O) groups excluding carboxylic acids is 3. The van der Waals surface area contributed by atoms with E-state index in [2.05, 4.69) is 0 Å². The van der Waals surface area contributed by atoms with Crippen molar-refractivity contribution in [3.8, 4) is 23.0 Å². The molecule has 7 heteroatoms. The molecule has 0 fully saturated rings. The number of allylic oxidation sites excluding steroid dienone is 1. The molecule has 0 atom stereocenters. The maximum absolute atomic E-state index is 12.6. The molecule has 0 radical (unpaired) electrons. The number of hydrogen-bond donors (Lipinski definition) is 0. The van der Waals surface area contributed by atoms with Crippen LogP contribution in [0.1, 0.15) is 29.8 Å². The van der Waals surface area contributed by atoms with E-state index in [9.17, 15) is 14.4 Å². The Morgan fingerprint density at radius 1 is 0.786 bits per heavy atom. The van der Waals surface area contributed by atoms with Crippen molar-refractivity contribution < 1.29 is 33.3 Å². The van der Waals surface area contributed by atoms with E-state index in [0.717, 1.165) is 0 Å². The Hall–Kier alpha value is -3.61. The second-order valence-electron chi connectivity index (χ2n) is 5.65. The largest absolute Gasteiger partial charge is 0.497 e. The lowest BCUT2D eigenvalue weighted by atomic mass is 10.1. The van der Waals surface area contributed by atoms with Gasteiger partial charge in [0, 0.05) is 31.5 Å². The molecule has 0 aliphatic heterocycles. The molecule has 0 saturated carbocycles. The molecule has 2 aromatic carbocycles. The van der Waals surface area contributed by atoms with Crippen LogP contribution in [0, 0.1) is 0 Å². The van der Waals surface area contributed by atoms with Gasteiger partial charge in [0.1, 0.15) is 23.0 Å². The molecule has 2 aromatic rings. The lowest BCUT2D eigenvalue weighted by molar-refractivity contribution is -0.132. The van der Waals surface area contributed by atoms with Crippen molar-refractivity contribution in [2.45, 2.75) is 13.8 Å². The third-order valence-corrected chi connectivity index (χ3v) is 3.59. The lowest BCUT2D eigenvalue weighted by Gasteiger charge is -2.09. The Balaban J connectivity index is 2.33. The highest BCUT2D eigenvalue weighted by atomic mass is 16.5. The molecule has 0 aliphatic rings. The zero-order valence-electron chi connectivity index (χ0n) is 16.0. The normalized spacial score (nSPS) is 10.4. The summed E-state index contributed by atoms with van der Waals surface area (Å²) in [6.07, 6.45) is 2.91. The first kappa shape index (κ1) is 20.7. The second-order valence-corrected chi connectivity index (χ2v) is 5.65. The fourth-order valence-corrected chi connectivity index (χ4v) is 2.39. The molecular weight excluding hydrogens is 364 g/mol. The second kappa shape index (κ2) is 9.36. The van der Waals surface area contributed by atoms with Crippen LogP contribution >= 0.6 is 0 Å². The molecule has 28 heavy (non-hydrogen) atoms. The van der Waals surface area contributed by atoms with Crippen LogP contribution in [0.4, 0.5) is 0 Å². The van der Waals surface area contributed by atoms with Crippen molar-refractivity contribution in [1.29, 1.82) is 0 Å². The molecule has 0 amide bonds. The number of esters is 2. The van der Waals surface area contributed by atoms with Gasteiger partial charge in [-0.3, -0.25) is 14.4 Å². The van der Waals surface area contributed by atoms with Crippen molar-refractivity contribution in [1.82, 2.24) is 0 Å². The van der Waals surface area contributed by atoms with Crippen LogP contribution in [-0.2, 0) is 9.59 Å². The first-order chi connectivity index (χ1) is 13.3. The molecule has 0 aliphatic carbocycles. The highest BCUT2D eigenvalue weighted by Crippen LogP contribution is 2.28. The SMILES string of the molecule is COc1ccc(C=CC(=O)c2ccc(OC(C)=O)cc2OC(C)=O)c(OC)c1. The molecule has 0 aromatic heterocycles. The van der Waals surface area contributed by atoms with Gasteiger partial charge in [0.05, 0.1) is 19.8 Å². The van der Waals surface area contributed by atoms with Gasteiger partial charge in [-0.25, -0.2) is 0 Å². The molecular formula is C21H20O7. The summed E-state index contributed by atoms with van der Waals surface area (Å²) < 4.78 is 20.5. The van der Waals surface area contributed by atoms with Gasteiger partial charge in [0.25, 0.3) is 0 Å². The van der Waals surface area contributed by atoms with Gasteiger partial charge in [0.2, 0.25) is 0 Å². The van der Waals surface area contributed by atoms with Crippen molar-refractivity contribution in [2.75, 3.05) is 14.2 Å². The van der Waals surface area contributed by atoms with E-state index in [4.69, 9.17) is 18.9 Å². The Morgan fingerprint density at radius 3 is 2.04 bits per heavy atom. The summed E-state index contributed by atoms with van der Waals surface area (Å²) in [6, 6.07) is 9.38. The fourth-order valence-electron chi connectivity index (χ4n) is 2.39. The Kier molecular flexibility index (Phi) is 6.92. The van der Waals surface area contributed by atoms with E-state index in [0.29, 0.717) is 17.1 Å². The summed E-state index contributed by atoms with van der Waals surface area (Å²) in [4.78, 5) is 35.1. The van der Waals surface area contributed by atoms with Gasteiger partial charge in [-0.1, -0.05) is 0 Å². The molecule has 7 nitrogen and oxygen atoms in total. The topological polar surface area (TPSA) is 88.1 Å². The van der Waals surface area contributed by atoms with E-state index < -0.39 is 17.7 Å². The maximum atomic E-state index is 12.6. The minimum absolute atomic E-state index is 0.00240. The highest BCUT2D eigenvalue weighted by Gasteiger charge is 2.15. The zero-order valence-corrected chi connectivity index (χ0v) is 16.0. The van der Waals surface area contributed by atoms with E-state index in [1.165, 1.54) is 45.2 Å². The lowest BCUT2D eigenvalue weighted by Crippen LogP contribution is -2.08.